The van der Waals surface area contributed by atoms with Crippen molar-refractivity contribution in [2.75, 3.05) is 19.7 Å². The smallest absolute Gasteiger partial charge is 0.238 e. The van der Waals surface area contributed by atoms with Crippen LogP contribution in [0.3, 0.4) is 0 Å². The lowest BCUT2D eigenvalue weighted by Gasteiger charge is -2.22. The number of nitrogens with zero attached hydrogens (tertiary/aromatic N) is 1. The first-order valence-electron chi connectivity index (χ1n) is 6.46. The van der Waals surface area contributed by atoms with Crippen LogP contribution >= 0.6 is 0 Å². The minimum absolute atomic E-state index is 0.000836. The van der Waals surface area contributed by atoms with Crippen molar-refractivity contribution >= 4 is 15.9 Å². The molecule has 1 aromatic carbocycles. The van der Waals surface area contributed by atoms with E-state index < -0.39 is 15.9 Å². The number of ether oxygens (including phenoxy) is 1. The summed E-state index contributed by atoms with van der Waals surface area (Å²) in [5.41, 5.74) is 0.591. The van der Waals surface area contributed by atoms with E-state index in [0.29, 0.717) is 24.4 Å². The Kier molecular flexibility index (Phi) is 4.01. The van der Waals surface area contributed by atoms with Gasteiger partial charge in [0.05, 0.1) is 4.90 Å². The maximum atomic E-state index is 12.4. The van der Waals surface area contributed by atoms with E-state index >= 15 is 0 Å². The average Bonchev–Trinajstić information content (AvgIpc) is 2.81. The zero-order valence-corrected chi connectivity index (χ0v) is 12.3. The van der Waals surface area contributed by atoms with Crippen molar-refractivity contribution in [1.82, 2.24) is 4.90 Å². The Morgan fingerprint density at radius 2 is 2.05 bits per heavy atom. The molecule has 0 aliphatic carbocycles. The highest BCUT2D eigenvalue weighted by Crippen LogP contribution is 2.36. The van der Waals surface area contributed by atoms with Crippen molar-refractivity contribution in [2.45, 2.75) is 24.7 Å². The molecule has 1 heterocycles. The summed E-state index contributed by atoms with van der Waals surface area (Å²) in [6, 6.07) is 4.37. The summed E-state index contributed by atoms with van der Waals surface area (Å²) in [7, 11) is -3.79. The first kappa shape index (κ1) is 14.8. The quantitative estimate of drug-likeness (QED) is 0.885. The number of hydrogen-bond acceptors (Lipinski definition) is 4. The number of sulfonamides is 1. The molecule has 6 nitrogen and oxygen atoms in total. The zero-order chi connectivity index (χ0) is 14.9. The Hall–Kier alpha value is -1.60. The molecule has 1 amide bonds. The van der Waals surface area contributed by atoms with Gasteiger partial charge in [-0.1, -0.05) is 0 Å². The minimum atomic E-state index is -3.79. The molecule has 7 heteroatoms. The molecule has 0 saturated heterocycles. The molecule has 1 unspecified atom stereocenters. The molecule has 20 heavy (non-hydrogen) atoms. The van der Waals surface area contributed by atoms with E-state index in [1.165, 1.54) is 12.1 Å². The number of fused-ring (bicyclic) bond motifs is 1. The highest BCUT2D eigenvalue weighted by atomic mass is 32.2. The van der Waals surface area contributed by atoms with Gasteiger partial charge < -0.3 is 9.64 Å². The van der Waals surface area contributed by atoms with E-state index in [1.54, 1.807) is 11.0 Å². The molecule has 1 aliphatic rings. The number of likely N-dealkylation sites (N-methyl/N-ethyl adjacent to an activating group) is 1. The van der Waals surface area contributed by atoms with E-state index in [1.807, 2.05) is 13.8 Å². The number of carbonyl (C=O) groups is 1. The Morgan fingerprint density at radius 1 is 1.40 bits per heavy atom. The van der Waals surface area contributed by atoms with Gasteiger partial charge in [-0.05, 0) is 32.0 Å². The summed E-state index contributed by atoms with van der Waals surface area (Å²) in [6.45, 7) is 5.25. The van der Waals surface area contributed by atoms with Crippen LogP contribution in [0, 0.1) is 0 Å². The highest BCUT2D eigenvalue weighted by Gasteiger charge is 2.33. The van der Waals surface area contributed by atoms with Gasteiger partial charge in [0.2, 0.25) is 15.9 Å². The minimum Gasteiger partial charge on any atom is -0.492 e. The molecule has 0 saturated carbocycles. The standard InChI is InChI=1S/C13H18N2O4S/c1-3-15(4-2)13(16)11-8-19-12-6-5-9(7-10(11)12)20(14,17)18/h5-7,11H,3-4,8H2,1-2H3,(H2,14,17,18). The molecular formula is C13H18N2O4S. The second-order valence-electron chi connectivity index (χ2n) is 4.62. The van der Waals surface area contributed by atoms with E-state index in [0.717, 1.165) is 0 Å². The van der Waals surface area contributed by atoms with Crippen LogP contribution in [0.2, 0.25) is 0 Å². The van der Waals surface area contributed by atoms with Crippen LogP contribution in [0.5, 0.6) is 5.75 Å². The SMILES string of the molecule is CCN(CC)C(=O)C1COc2ccc(S(N)(=O)=O)cc21. The van der Waals surface area contributed by atoms with Gasteiger partial charge in [-0.15, -0.1) is 0 Å². The van der Waals surface area contributed by atoms with E-state index in [2.05, 4.69) is 0 Å². The maximum Gasteiger partial charge on any atom is 0.238 e. The molecule has 2 N–H and O–H groups in total. The molecule has 0 fully saturated rings. The van der Waals surface area contributed by atoms with Gasteiger partial charge in [-0.25, -0.2) is 13.6 Å². The summed E-state index contributed by atoms with van der Waals surface area (Å²) in [4.78, 5) is 14.1. The van der Waals surface area contributed by atoms with Crippen molar-refractivity contribution in [3.05, 3.63) is 23.8 Å². The Bertz CT molecular complexity index is 623. The number of amides is 1. The largest absolute Gasteiger partial charge is 0.492 e. The zero-order valence-electron chi connectivity index (χ0n) is 11.5. The fraction of sp³-hybridized carbons (Fsp3) is 0.462. The second-order valence-corrected chi connectivity index (χ2v) is 6.18. The molecule has 110 valence electrons. The molecular weight excluding hydrogens is 280 g/mol. The fourth-order valence-electron chi connectivity index (χ4n) is 2.33. The number of hydrogen-bond donors (Lipinski definition) is 1. The van der Waals surface area contributed by atoms with Crippen LogP contribution in [-0.4, -0.2) is 38.9 Å². The Balaban J connectivity index is 2.39. The maximum absolute atomic E-state index is 12.4. The fourth-order valence-corrected chi connectivity index (χ4v) is 2.88. The number of rotatable bonds is 4. The van der Waals surface area contributed by atoms with Gasteiger partial charge in [0, 0.05) is 18.7 Å². The van der Waals surface area contributed by atoms with Crippen molar-refractivity contribution in [3.8, 4) is 5.75 Å². The van der Waals surface area contributed by atoms with Gasteiger partial charge in [0.25, 0.3) is 0 Å². The van der Waals surface area contributed by atoms with Gasteiger partial charge >= 0.3 is 0 Å². The molecule has 0 spiro atoms. The molecule has 0 radical (unpaired) electrons. The third-order valence-corrected chi connectivity index (χ3v) is 4.37. The van der Waals surface area contributed by atoms with Crippen LogP contribution in [0.25, 0.3) is 0 Å². The first-order valence-corrected chi connectivity index (χ1v) is 8.01. The molecule has 1 aliphatic heterocycles. The predicted octanol–water partition coefficient (Wildman–Crippen LogP) is 0.678. The molecule has 1 atom stereocenters. The number of primary sulfonamides is 1. The molecule has 0 aromatic heterocycles. The van der Waals surface area contributed by atoms with Gasteiger partial charge in [-0.2, -0.15) is 0 Å². The summed E-state index contributed by atoms with van der Waals surface area (Å²) >= 11 is 0. The van der Waals surface area contributed by atoms with Crippen LogP contribution in [0.15, 0.2) is 23.1 Å². The van der Waals surface area contributed by atoms with Crippen molar-refractivity contribution in [2.24, 2.45) is 5.14 Å². The van der Waals surface area contributed by atoms with Crippen LogP contribution in [0.1, 0.15) is 25.3 Å². The molecule has 1 aromatic rings. The number of benzene rings is 1. The number of nitrogens with two attached hydrogens (primary N) is 1. The van der Waals surface area contributed by atoms with E-state index in [4.69, 9.17) is 9.88 Å². The Labute approximate surface area is 118 Å². The lowest BCUT2D eigenvalue weighted by atomic mass is 10.00. The van der Waals surface area contributed by atoms with E-state index in [-0.39, 0.29) is 17.4 Å². The summed E-state index contributed by atoms with van der Waals surface area (Å²) in [5.74, 6) is 0.0230. The first-order chi connectivity index (χ1) is 9.38. The van der Waals surface area contributed by atoms with Gasteiger partial charge in [0.15, 0.2) is 0 Å². The van der Waals surface area contributed by atoms with Crippen molar-refractivity contribution in [1.29, 1.82) is 0 Å². The van der Waals surface area contributed by atoms with Crippen molar-refractivity contribution in [3.63, 3.8) is 0 Å². The van der Waals surface area contributed by atoms with Crippen LogP contribution in [-0.2, 0) is 14.8 Å². The Morgan fingerprint density at radius 3 is 2.60 bits per heavy atom. The third-order valence-electron chi connectivity index (χ3n) is 3.46. The lowest BCUT2D eigenvalue weighted by Crippen LogP contribution is -2.35. The number of carbonyl (C=O) groups excluding carboxylic acids is 1. The van der Waals surface area contributed by atoms with Gasteiger partial charge in [0.1, 0.15) is 18.3 Å². The lowest BCUT2D eigenvalue weighted by molar-refractivity contribution is -0.132. The predicted molar refractivity (Wildman–Crippen MR) is 74.0 cm³/mol. The summed E-state index contributed by atoms with van der Waals surface area (Å²) < 4.78 is 28.3. The monoisotopic (exact) mass is 298 g/mol. The third kappa shape index (κ3) is 2.64. The topological polar surface area (TPSA) is 89.7 Å². The van der Waals surface area contributed by atoms with Crippen LogP contribution < -0.4 is 9.88 Å². The molecule has 2 rings (SSSR count). The highest BCUT2D eigenvalue weighted by molar-refractivity contribution is 7.89. The second kappa shape index (κ2) is 5.41. The van der Waals surface area contributed by atoms with E-state index in [9.17, 15) is 13.2 Å². The summed E-state index contributed by atoms with van der Waals surface area (Å²) in [5, 5.41) is 5.12. The average molecular weight is 298 g/mol. The van der Waals surface area contributed by atoms with Gasteiger partial charge in [-0.3, -0.25) is 4.79 Å². The normalized spacial score (nSPS) is 17.4. The molecule has 0 bridgehead atoms. The summed E-state index contributed by atoms with van der Waals surface area (Å²) in [6.07, 6.45) is 0. The van der Waals surface area contributed by atoms with Crippen LogP contribution in [0.4, 0.5) is 0 Å². The van der Waals surface area contributed by atoms with Crippen molar-refractivity contribution < 1.29 is 17.9 Å².